The fourth-order valence-electron chi connectivity index (χ4n) is 1.79. The molecule has 0 aliphatic rings. The van der Waals surface area contributed by atoms with E-state index in [1.807, 2.05) is 0 Å². The topological polar surface area (TPSA) is 43.8 Å². The molecule has 1 heterocycles. The van der Waals surface area contributed by atoms with Crippen LogP contribution in [0.4, 0.5) is 0 Å². The predicted octanol–water partition coefficient (Wildman–Crippen LogP) is 1.66. The Morgan fingerprint density at radius 3 is 2.50 bits per heavy atom. The second-order valence-electron chi connectivity index (χ2n) is 4.03. The van der Waals surface area contributed by atoms with Crippen molar-refractivity contribution in [1.29, 1.82) is 0 Å². The summed E-state index contributed by atoms with van der Waals surface area (Å²) in [5.41, 5.74) is 9.45. The summed E-state index contributed by atoms with van der Waals surface area (Å²) in [4.78, 5) is 0. The molecule has 0 spiro atoms. The van der Waals surface area contributed by atoms with Crippen LogP contribution in [0.1, 0.15) is 30.8 Å². The molecule has 1 atom stereocenters. The number of hydrogen-bond donors (Lipinski definition) is 1. The molecule has 0 aliphatic heterocycles. The van der Waals surface area contributed by atoms with Gasteiger partial charge in [0.1, 0.15) is 0 Å². The van der Waals surface area contributed by atoms with Gasteiger partial charge in [-0.3, -0.25) is 4.68 Å². The van der Waals surface area contributed by atoms with Crippen molar-refractivity contribution in [3.63, 3.8) is 0 Å². The highest BCUT2D eigenvalue weighted by atomic mass is 15.3. The van der Waals surface area contributed by atoms with E-state index in [1.165, 1.54) is 11.3 Å². The van der Waals surface area contributed by atoms with Crippen LogP contribution >= 0.6 is 0 Å². The van der Waals surface area contributed by atoms with E-state index in [-0.39, 0.29) is 0 Å². The lowest BCUT2D eigenvalue weighted by atomic mass is 10.1. The predicted molar refractivity (Wildman–Crippen MR) is 59.3 cm³/mol. The summed E-state index contributed by atoms with van der Waals surface area (Å²) in [6.45, 7) is 10.2. The monoisotopic (exact) mass is 195 g/mol. The maximum atomic E-state index is 5.61. The molecule has 3 nitrogen and oxygen atoms in total. The molecule has 0 bridgehead atoms. The summed E-state index contributed by atoms with van der Waals surface area (Å²) in [6.07, 6.45) is 1.06. The van der Waals surface area contributed by atoms with Crippen LogP contribution in [0.3, 0.4) is 0 Å². The number of nitrogens with zero attached hydrogens (tertiary/aromatic N) is 2. The summed E-state index contributed by atoms with van der Waals surface area (Å²) in [6, 6.07) is 0. The quantitative estimate of drug-likeness (QED) is 0.794. The van der Waals surface area contributed by atoms with E-state index < -0.39 is 0 Å². The van der Waals surface area contributed by atoms with E-state index in [1.54, 1.807) is 0 Å². The van der Waals surface area contributed by atoms with Gasteiger partial charge in [-0.2, -0.15) is 5.10 Å². The van der Waals surface area contributed by atoms with Crippen molar-refractivity contribution in [2.75, 3.05) is 6.54 Å². The maximum Gasteiger partial charge on any atom is 0.0628 e. The van der Waals surface area contributed by atoms with Gasteiger partial charge < -0.3 is 5.73 Å². The van der Waals surface area contributed by atoms with Gasteiger partial charge in [0, 0.05) is 12.2 Å². The minimum Gasteiger partial charge on any atom is -0.330 e. The Morgan fingerprint density at radius 1 is 1.43 bits per heavy atom. The first-order chi connectivity index (χ1) is 6.60. The Labute approximate surface area is 86.3 Å². The van der Waals surface area contributed by atoms with E-state index in [9.17, 15) is 0 Å². The molecule has 80 valence electrons. The highest BCUT2D eigenvalue weighted by molar-refractivity contribution is 5.24. The fourth-order valence-corrected chi connectivity index (χ4v) is 1.79. The van der Waals surface area contributed by atoms with Crippen molar-refractivity contribution >= 4 is 0 Å². The SMILES string of the molecule is CCc1c(C)nn(CC(C)CN)c1C. The lowest BCUT2D eigenvalue weighted by molar-refractivity contribution is 0.449. The Morgan fingerprint density at radius 2 is 2.07 bits per heavy atom. The van der Waals surface area contributed by atoms with Crippen LogP contribution in [0.2, 0.25) is 0 Å². The van der Waals surface area contributed by atoms with Gasteiger partial charge in [0.2, 0.25) is 0 Å². The zero-order valence-electron chi connectivity index (χ0n) is 9.67. The lowest BCUT2D eigenvalue weighted by Gasteiger charge is -2.10. The van der Waals surface area contributed by atoms with Gasteiger partial charge in [0.15, 0.2) is 0 Å². The van der Waals surface area contributed by atoms with Crippen LogP contribution in [0.15, 0.2) is 0 Å². The van der Waals surface area contributed by atoms with Crippen LogP contribution in [0, 0.1) is 19.8 Å². The average Bonchev–Trinajstić information content (AvgIpc) is 2.42. The minimum absolute atomic E-state index is 0.498. The van der Waals surface area contributed by atoms with E-state index in [2.05, 4.69) is 37.5 Å². The van der Waals surface area contributed by atoms with Crippen LogP contribution < -0.4 is 5.73 Å². The molecule has 0 fully saturated rings. The minimum atomic E-state index is 0.498. The average molecular weight is 195 g/mol. The molecule has 0 saturated carbocycles. The first-order valence-corrected chi connectivity index (χ1v) is 5.33. The Balaban J connectivity index is 2.88. The van der Waals surface area contributed by atoms with Crippen LogP contribution in [-0.4, -0.2) is 16.3 Å². The van der Waals surface area contributed by atoms with Crippen molar-refractivity contribution in [2.24, 2.45) is 11.7 Å². The molecule has 0 amide bonds. The van der Waals surface area contributed by atoms with Crippen LogP contribution in [0.5, 0.6) is 0 Å². The molecular formula is C11H21N3. The zero-order chi connectivity index (χ0) is 10.7. The molecule has 1 unspecified atom stereocenters. The van der Waals surface area contributed by atoms with Crippen molar-refractivity contribution in [3.8, 4) is 0 Å². The highest BCUT2D eigenvalue weighted by Crippen LogP contribution is 2.14. The third-order valence-electron chi connectivity index (χ3n) is 2.77. The Hall–Kier alpha value is -0.830. The molecule has 0 aromatic carbocycles. The van der Waals surface area contributed by atoms with E-state index in [0.717, 1.165) is 25.2 Å². The van der Waals surface area contributed by atoms with Crippen molar-refractivity contribution in [1.82, 2.24) is 9.78 Å². The van der Waals surface area contributed by atoms with E-state index in [0.29, 0.717) is 5.92 Å². The Bertz CT molecular complexity index is 302. The third kappa shape index (κ3) is 2.15. The molecular weight excluding hydrogens is 174 g/mol. The number of nitrogens with two attached hydrogens (primary N) is 1. The second kappa shape index (κ2) is 4.60. The number of hydrogen-bond acceptors (Lipinski definition) is 2. The number of aryl methyl sites for hydroxylation is 1. The lowest BCUT2D eigenvalue weighted by Crippen LogP contribution is -2.18. The summed E-state index contributed by atoms with van der Waals surface area (Å²) in [5.74, 6) is 0.498. The number of aromatic nitrogens is 2. The first-order valence-electron chi connectivity index (χ1n) is 5.33. The summed E-state index contributed by atoms with van der Waals surface area (Å²) in [5, 5.41) is 4.53. The Kier molecular flexibility index (Phi) is 3.69. The first kappa shape index (κ1) is 11.2. The fraction of sp³-hybridized carbons (Fsp3) is 0.727. The van der Waals surface area contributed by atoms with Gasteiger partial charge in [-0.15, -0.1) is 0 Å². The molecule has 1 rings (SSSR count). The zero-order valence-corrected chi connectivity index (χ0v) is 9.67. The van der Waals surface area contributed by atoms with Gasteiger partial charge >= 0.3 is 0 Å². The summed E-state index contributed by atoms with van der Waals surface area (Å²) >= 11 is 0. The molecule has 3 heteroatoms. The smallest absolute Gasteiger partial charge is 0.0628 e. The van der Waals surface area contributed by atoms with Crippen LogP contribution in [0.25, 0.3) is 0 Å². The molecule has 1 aromatic heterocycles. The van der Waals surface area contributed by atoms with Gasteiger partial charge in [-0.1, -0.05) is 13.8 Å². The van der Waals surface area contributed by atoms with Gasteiger partial charge in [0.05, 0.1) is 5.69 Å². The maximum absolute atomic E-state index is 5.61. The van der Waals surface area contributed by atoms with E-state index in [4.69, 9.17) is 5.73 Å². The normalized spacial score (nSPS) is 13.2. The molecule has 0 radical (unpaired) electrons. The molecule has 0 aliphatic carbocycles. The number of rotatable bonds is 4. The van der Waals surface area contributed by atoms with Crippen molar-refractivity contribution in [3.05, 3.63) is 17.0 Å². The largest absolute Gasteiger partial charge is 0.330 e. The molecule has 2 N–H and O–H groups in total. The summed E-state index contributed by atoms with van der Waals surface area (Å²) < 4.78 is 2.09. The van der Waals surface area contributed by atoms with Gasteiger partial charge in [-0.05, 0) is 38.3 Å². The summed E-state index contributed by atoms with van der Waals surface area (Å²) in [7, 11) is 0. The van der Waals surface area contributed by atoms with Gasteiger partial charge in [0.25, 0.3) is 0 Å². The highest BCUT2D eigenvalue weighted by Gasteiger charge is 2.10. The molecule has 1 aromatic rings. The molecule has 0 saturated heterocycles. The standard InChI is InChI=1S/C11H21N3/c1-5-11-9(3)13-14(10(11)4)7-8(2)6-12/h8H,5-7,12H2,1-4H3. The van der Waals surface area contributed by atoms with Crippen LogP contribution in [-0.2, 0) is 13.0 Å². The van der Waals surface area contributed by atoms with E-state index >= 15 is 0 Å². The molecule has 14 heavy (non-hydrogen) atoms. The van der Waals surface area contributed by atoms with Crippen molar-refractivity contribution < 1.29 is 0 Å². The van der Waals surface area contributed by atoms with Crippen molar-refractivity contribution in [2.45, 2.75) is 40.7 Å². The third-order valence-corrected chi connectivity index (χ3v) is 2.77. The second-order valence-corrected chi connectivity index (χ2v) is 4.03. The van der Waals surface area contributed by atoms with Gasteiger partial charge in [-0.25, -0.2) is 0 Å².